The van der Waals surface area contributed by atoms with Crippen LogP contribution in [0, 0.1) is 0 Å². The van der Waals surface area contributed by atoms with Crippen molar-refractivity contribution < 1.29 is 19.5 Å². The monoisotopic (exact) mass is 249 g/mol. The van der Waals surface area contributed by atoms with Gasteiger partial charge < -0.3 is 10.4 Å². The molecule has 0 aliphatic carbocycles. The molecule has 96 valence electrons. The van der Waals surface area contributed by atoms with E-state index in [1.807, 2.05) is 0 Å². The first-order chi connectivity index (χ1) is 8.45. The number of aliphatic carboxylic acids is 1. The van der Waals surface area contributed by atoms with Gasteiger partial charge in [0.25, 0.3) is 5.91 Å². The Morgan fingerprint density at radius 2 is 1.67 bits per heavy atom. The topological polar surface area (TPSA) is 83.5 Å². The van der Waals surface area contributed by atoms with Gasteiger partial charge >= 0.3 is 5.97 Å². The van der Waals surface area contributed by atoms with Crippen LogP contribution in [-0.4, -0.2) is 28.8 Å². The smallest absolute Gasteiger partial charge is 0.326 e. The summed E-state index contributed by atoms with van der Waals surface area (Å²) in [4.78, 5) is 33.6. The van der Waals surface area contributed by atoms with Crippen LogP contribution in [-0.2, 0) is 4.79 Å². The van der Waals surface area contributed by atoms with Crippen molar-refractivity contribution in [3.63, 3.8) is 0 Å². The fourth-order valence-corrected chi connectivity index (χ4v) is 1.44. The Labute approximate surface area is 105 Å². The molecule has 5 nitrogen and oxygen atoms in total. The zero-order chi connectivity index (χ0) is 13.7. The molecule has 1 aromatic carbocycles. The number of hydrogen-bond donors (Lipinski definition) is 2. The first-order valence-corrected chi connectivity index (χ1v) is 5.60. The summed E-state index contributed by atoms with van der Waals surface area (Å²) in [6.07, 6.45) is 0.312. The van der Waals surface area contributed by atoms with E-state index in [-0.39, 0.29) is 5.78 Å². The Morgan fingerprint density at radius 3 is 2.06 bits per heavy atom. The number of nitrogens with one attached hydrogen (secondary N) is 1. The van der Waals surface area contributed by atoms with Gasteiger partial charge in [-0.25, -0.2) is 4.79 Å². The number of carboxylic acid groups (broad SMARTS) is 1. The van der Waals surface area contributed by atoms with Gasteiger partial charge in [-0.15, -0.1) is 0 Å². The van der Waals surface area contributed by atoms with Crippen molar-refractivity contribution in [2.45, 2.75) is 26.3 Å². The molecule has 18 heavy (non-hydrogen) atoms. The molecule has 1 unspecified atom stereocenters. The number of amides is 1. The Balaban J connectivity index is 2.78. The van der Waals surface area contributed by atoms with Crippen molar-refractivity contribution in [2.75, 3.05) is 0 Å². The summed E-state index contributed by atoms with van der Waals surface area (Å²) in [5, 5.41) is 11.2. The Hall–Kier alpha value is -2.17. The van der Waals surface area contributed by atoms with Crippen molar-refractivity contribution in [3.05, 3.63) is 35.4 Å². The zero-order valence-electron chi connectivity index (χ0n) is 10.3. The summed E-state index contributed by atoms with van der Waals surface area (Å²) >= 11 is 0. The van der Waals surface area contributed by atoms with Gasteiger partial charge in [0.1, 0.15) is 6.04 Å². The predicted molar refractivity (Wildman–Crippen MR) is 65.6 cm³/mol. The van der Waals surface area contributed by atoms with Crippen LogP contribution in [0.15, 0.2) is 24.3 Å². The summed E-state index contributed by atoms with van der Waals surface area (Å²) < 4.78 is 0. The van der Waals surface area contributed by atoms with Gasteiger partial charge in [0.15, 0.2) is 5.78 Å². The number of carboxylic acids is 1. The van der Waals surface area contributed by atoms with Gasteiger partial charge in [-0.1, -0.05) is 19.1 Å². The van der Waals surface area contributed by atoms with Crippen LogP contribution in [0.5, 0.6) is 0 Å². The summed E-state index contributed by atoms with van der Waals surface area (Å²) in [6.45, 7) is 3.12. The maximum absolute atomic E-state index is 11.7. The minimum atomic E-state index is -1.06. The molecule has 0 aliphatic heterocycles. The fourth-order valence-electron chi connectivity index (χ4n) is 1.44. The van der Waals surface area contributed by atoms with Gasteiger partial charge in [-0.05, 0) is 25.5 Å². The lowest BCUT2D eigenvalue weighted by atomic mass is 10.1. The van der Waals surface area contributed by atoms with Crippen LogP contribution in [0.2, 0.25) is 0 Å². The minimum Gasteiger partial charge on any atom is -0.480 e. The lowest BCUT2D eigenvalue weighted by Gasteiger charge is -2.12. The standard InChI is InChI=1S/C13H15NO4/c1-3-11(13(17)18)14-12(16)10-6-4-9(5-7-10)8(2)15/h4-7,11H,3H2,1-2H3,(H,14,16)(H,17,18). The van der Waals surface area contributed by atoms with E-state index in [0.29, 0.717) is 17.5 Å². The third-order valence-electron chi connectivity index (χ3n) is 2.57. The van der Waals surface area contributed by atoms with Crippen LogP contribution in [0.4, 0.5) is 0 Å². The van der Waals surface area contributed by atoms with Crippen molar-refractivity contribution in [3.8, 4) is 0 Å². The van der Waals surface area contributed by atoms with Crippen molar-refractivity contribution >= 4 is 17.7 Å². The average molecular weight is 249 g/mol. The molecule has 1 atom stereocenters. The van der Waals surface area contributed by atoms with Crippen LogP contribution in [0.25, 0.3) is 0 Å². The molecule has 0 fully saturated rings. The van der Waals surface area contributed by atoms with Gasteiger partial charge in [0.2, 0.25) is 0 Å². The number of Topliss-reactive ketones (excluding diaryl/α,β-unsaturated/α-hetero) is 1. The predicted octanol–water partition coefficient (Wildman–Crippen LogP) is 1.48. The molecule has 1 rings (SSSR count). The second-order valence-corrected chi connectivity index (χ2v) is 3.91. The van der Waals surface area contributed by atoms with Crippen LogP contribution < -0.4 is 5.32 Å². The molecule has 5 heteroatoms. The molecule has 1 amide bonds. The largest absolute Gasteiger partial charge is 0.480 e. The maximum atomic E-state index is 11.7. The average Bonchev–Trinajstić information content (AvgIpc) is 2.35. The van der Waals surface area contributed by atoms with Crippen molar-refractivity contribution in [2.24, 2.45) is 0 Å². The number of hydrogen-bond acceptors (Lipinski definition) is 3. The highest BCUT2D eigenvalue weighted by Crippen LogP contribution is 2.06. The van der Waals surface area contributed by atoms with Crippen LogP contribution >= 0.6 is 0 Å². The lowest BCUT2D eigenvalue weighted by molar-refractivity contribution is -0.139. The molecular weight excluding hydrogens is 234 g/mol. The molecule has 0 heterocycles. The molecule has 2 N–H and O–H groups in total. The molecule has 0 saturated carbocycles. The van der Waals surface area contributed by atoms with Gasteiger partial charge in [0.05, 0.1) is 0 Å². The molecular formula is C13H15NO4. The van der Waals surface area contributed by atoms with Gasteiger partial charge in [-0.3, -0.25) is 9.59 Å². The Kier molecular flexibility index (Phi) is 4.59. The SMILES string of the molecule is CCC(NC(=O)c1ccc(C(C)=O)cc1)C(=O)O. The second-order valence-electron chi connectivity index (χ2n) is 3.91. The minimum absolute atomic E-state index is 0.0843. The third kappa shape index (κ3) is 3.41. The summed E-state index contributed by atoms with van der Waals surface area (Å²) in [5.41, 5.74) is 0.844. The van der Waals surface area contributed by atoms with Crippen LogP contribution in [0.1, 0.15) is 41.0 Å². The highest BCUT2D eigenvalue weighted by Gasteiger charge is 2.18. The fraction of sp³-hybridized carbons (Fsp3) is 0.308. The second kappa shape index (κ2) is 5.95. The number of rotatable bonds is 5. The Bertz CT molecular complexity index is 464. The van der Waals surface area contributed by atoms with E-state index in [2.05, 4.69) is 5.32 Å². The van der Waals surface area contributed by atoms with E-state index in [4.69, 9.17) is 5.11 Å². The van der Waals surface area contributed by atoms with Gasteiger partial charge in [0, 0.05) is 11.1 Å². The van der Waals surface area contributed by atoms with Crippen molar-refractivity contribution in [1.29, 1.82) is 0 Å². The number of carbonyl (C=O) groups is 3. The molecule has 0 spiro atoms. The first-order valence-electron chi connectivity index (χ1n) is 5.60. The van der Waals surface area contributed by atoms with E-state index in [9.17, 15) is 14.4 Å². The molecule has 0 radical (unpaired) electrons. The molecule has 0 aliphatic rings. The number of benzene rings is 1. The van der Waals surface area contributed by atoms with Gasteiger partial charge in [-0.2, -0.15) is 0 Å². The molecule has 0 saturated heterocycles. The molecule has 0 aromatic heterocycles. The highest BCUT2D eigenvalue weighted by atomic mass is 16.4. The normalized spacial score (nSPS) is 11.7. The summed E-state index contributed by atoms with van der Waals surface area (Å²) in [6, 6.07) is 5.18. The summed E-state index contributed by atoms with van der Waals surface area (Å²) in [7, 11) is 0. The summed E-state index contributed by atoms with van der Waals surface area (Å²) in [5.74, 6) is -1.61. The van der Waals surface area contributed by atoms with E-state index in [1.54, 1.807) is 19.1 Å². The Morgan fingerprint density at radius 1 is 1.17 bits per heavy atom. The van der Waals surface area contributed by atoms with E-state index in [0.717, 1.165) is 0 Å². The maximum Gasteiger partial charge on any atom is 0.326 e. The number of carbonyl (C=O) groups excluding carboxylic acids is 2. The zero-order valence-corrected chi connectivity index (χ0v) is 10.3. The van der Waals surface area contributed by atoms with E-state index in [1.165, 1.54) is 19.1 Å². The lowest BCUT2D eigenvalue weighted by Crippen LogP contribution is -2.40. The molecule has 0 bridgehead atoms. The van der Waals surface area contributed by atoms with E-state index >= 15 is 0 Å². The molecule has 1 aromatic rings. The highest BCUT2D eigenvalue weighted by molar-refractivity contribution is 5.98. The van der Waals surface area contributed by atoms with E-state index < -0.39 is 17.9 Å². The van der Waals surface area contributed by atoms with Crippen LogP contribution in [0.3, 0.4) is 0 Å². The van der Waals surface area contributed by atoms with Crippen molar-refractivity contribution in [1.82, 2.24) is 5.32 Å². The first kappa shape index (κ1) is 13.9. The number of ketones is 1. The third-order valence-corrected chi connectivity index (χ3v) is 2.57. The quantitative estimate of drug-likeness (QED) is 0.774.